The largest absolute Gasteiger partial charge is 0.342 e. The molecule has 0 radical (unpaired) electrons. The Morgan fingerprint density at radius 2 is 2.08 bits per heavy atom. The van der Waals surface area contributed by atoms with Crippen molar-refractivity contribution in [2.75, 3.05) is 0 Å². The zero-order valence-electron chi connectivity index (χ0n) is 13.3. The first-order chi connectivity index (χ1) is 11.6. The molecular formula is C15H16ClN7O. The summed E-state index contributed by atoms with van der Waals surface area (Å²) in [5, 5.41) is 15.3. The van der Waals surface area contributed by atoms with Gasteiger partial charge in [0.15, 0.2) is 5.82 Å². The van der Waals surface area contributed by atoms with Crippen molar-refractivity contribution < 1.29 is 4.79 Å². The molecule has 1 amide bonds. The van der Waals surface area contributed by atoms with Gasteiger partial charge < -0.3 is 9.88 Å². The van der Waals surface area contributed by atoms with Gasteiger partial charge >= 0.3 is 0 Å². The van der Waals surface area contributed by atoms with E-state index in [0.717, 1.165) is 0 Å². The van der Waals surface area contributed by atoms with Gasteiger partial charge in [-0.25, -0.2) is 9.67 Å². The molecule has 0 aliphatic heterocycles. The Morgan fingerprint density at radius 1 is 1.29 bits per heavy atom. The van der Waals surface area contributed by atoms with Gasteiger partial charge in [0, 0.05) is 13.5 Å². The lowest BCUT2D eigenvalue weighted by Gasteiger charge is -2.05. The number of hydrogen-bond donors (Lipinski definition) is 1. The molecule has 24 heavy (non-hydrogen) atoms. The number of aromatic nitrogens is 6. The first-order valence-corrected chi connectivity index (χ1v) is 7.80. The molecule has 0 unspecified atom stereocenters. The Bertz CT molecular complexity index is 870. The molecule has 0 bridgehead atoms. The second kappa shape index (κ2) is 6.79. The highest BCUT2D eigenvalue weighted by molar-refractivity contribution is 6.32. The van der Waals surface area contributed by atoms with E-state index < -0.39 is 0 Å². The summed E-state index contributed by atoms with van der Waals surface area (Å²) in [6.45, 7) is 2.19. The Kier molecular flexibility index (Phi) is 4.57. The molecule has 0 spiro atoms. The van der Waals surface area contributed by atoms with Crippen molar-refractivity contribution in [1.82, 2.24) is 34.8 Å². The van der Waals surface area contributed by atoms with Crippen molar-refractivity contribution in [3.05, 3.63) is 53.1 Å². The lowest BCUT2D eigenvalue weighted by atomic mass is 10.3. The van der Waals surface area contributed by atoms with Crippen LogP contribution in [0.5, 0.6) is 0 Å². The summed E-state index contributed by atoms with van der Waals surface area (Å²) in [5.74, 6) is 1.02. The third-order valence-electron chi connectivity index (χ3n) is 3.49. The van der Waals surface area contributed by atoms with E-state index in [0.29, 0.717) is 28.8 Å². The molecular weight excluding hydrogens is 330 g/mol. The highest BCUT2D eigenvalue weighted by atomic mass is 35.5. The van der Waals surface area contributed by atoms with Crippen molar-refractivity contribution in [3.63, 3.8) is 0 Å². The number of nitrogens with one attached hydrogen (secondary N) is 1. The summed E-state index contributed by atoms with van der Waals surface area (Å²) in [5.41, 5.74) is 0.691. The molecule has 124 valence electrons. The number of para-hydroxylation sites is 1. The summed E-state index contributed by atoms with van der Waals surface area (Å²) < 4.78 is 3.33. The van der Waals surface area contributed by atoms with Crippen LogP contribution in [0.15, 0.2) is 30.6 Å². The Labute approximate surface area is 143 Å². The average molecular weight is 346 g/mol. The summed E-state index contributed by atoms with van der Waals surface area (Å²) in [6.07, 6.45) is 2.19. The van der Waals surface area contributed by atoms with E-state index in [1.54, 1.807) is 28.7 Å². The van der Waals surface area contributed by atoms with E-state index in [1.165, 1.54) is 0 Å². The Morgan fingerprint density at radius 3 is 2.75 bits per heavy atom. The van der Waals surface area contributed by atoms with Crippen LogP contribution in [0.4, 0.5) is 0 Å². The van der Waals surface area contributed by atoms with Crippen molar-refractivity contribution in [2.45, 2.75) is 19.9 Å². The van der Waals surface area contributed by atoms with Gasteiger partial charge in [-0.15, -0.1) is 15.3 Å². The van der Waals surface area contributed by atoms with Crippen LogP contribution in [0.2, 0.25) is 5.02 Å². The third-order valence-corrected chi connectivity index (χ3v) is 3.81. The van der Waals surface area contributed by atoms with Crippen LogP contribution in [0.25, 0.3) is 5.69 Å². The molecule has 0 fully saturated rings. The zero-order chi connectivity index (χ0) is 17.1. The number of amides is 1. The standard InChI is InChI=1S/C15H16ClN7O/c1-3-12-19-14(15(24)17-8-13-20-18-9-22(13)2)21-23(12)11-7-5-4-6-10(11)16/h4-7,9H,3,8H2,1-2H3,(H,17,24). The fourth-order valence-corrected chi connectivity index (χ4v) is 2.41. The molecule has 1 aromatic carbocycles. The number of rotatable bonds is 5. The number of nitrogens with zero attached hydrogens (tertiary/aromatic N) is 6. The van der Waals surface area contributed by atoms with E-state index >= 15 is 0 Å². The van der Waals surface area contributed by atoms with Crippen LogP contribution in [0, 0.1) is 0 Å². The topological polar surface area (TPSA) is 90.5 Å². The van der Waals surface area contributed by atoms with Gasteiger partial charge in [0.2, 0.25) is 5.82 Å². The number of carbonyl (C=O) groups excluding carboxylic acids is 1. The van der Waals surface area contributed by atoms with E-state index in [1.807, 2.05) is 25.1 Å². The van der Waals surface area contributed by atoms with Gasteiger partial charge in [-0.1, -0.05) is 30.7 Å². The van der Waals surface area contributed by atoms with Gasteiger partial charge in [-0.2, -0.15) is 0 Å². The Hall–Kier alpha value is -2.74. The molecule has 3 aromatic rings. The minimum Gasteiger partial charge on any atom is -0.342 e. The monoisotopic (exact) mass is 345 g/mol. The summed E-state index contributed by atoms with van der Waals surface area (Å²) in [7, 11) is 1.81. The molecule has 0 saturated carbocycles. The third kappa shape index (κ3) is 3.13. The number of hydrogen-bond acceptors (Lipinski definition) is 5. The smallest absolute Gasteiger partial charge is 0.291 e. The van der Waals surface area contributed by atoms with Gasteiger partial charge in [0.1, 0.15) is 12.2 Å². The maximum atomic E-state index is 12.3. The molecule has 0 aliphatic carbocycles. The maximum absolute atomic E-state index is 12.3. The number of halogens is 1. The molecule has 0 atom stereocenters. The second-order valence-electron chi connectivity index (χ2n) is 5.11. The van der Waals surface area contributed by atoms with Crippen LogP contribution < -0.4 is 5.32 Å². The fraction of sp³-hybridized carbons (Fsp3) is 0.267. The predicted octanol–water partition coefficient (Wildman–Crippen LogP) is 1.54. The lowest BCUT2D eigenvalue weighted by Crippen LogP contribution is -2.25. The number of carbonyl (C=O) groups is 1. The van der Waals surface area contributed by atoms with E-state index in [9.17, 15) is 4.79 Å². The quantitative estimate of drug-likeness (QED) is 0.757. The van der Waals surface area contributed by atoms with Gasteiger partial charge in [0.25, 0.3) is 5.91 Å². The van der Waals surface area contributed by atoms with E-state index in [2.05, 4.69) is 25.6 Å². The molecule has 2 heterocycles. The number of benzene rings is 1. The van der Waals surface area contributed by atoms with Crippen molar-refractivity contribution in [3.8, 4) is 5.69 Å². The fourth-order valence-electron chi connectivity index (χ4n) is 2.19. The highest BCUT2D eigenvalue weighted by Gasteiger charge is 2.18. The summed E-state index contributed by atoms with van der Waals surface area (Å²) in [6, 6.07) is 7.29. The van der Waals surface area contributed by atoms with Crippen LogP contribution in [0.3, 0.4) is 0 Å². The minimum absolute atomic E-state index is 0.0916. The van der Waals surface area contributed by atoms with Crippen molar-refractivity contribution in [2.24, 2.45) is 7.05 Å². The van der Waals surface area contributed by atoms with Crippen LogP contribution in [-0.4, -0.2) is 35.4 Å². The zero-order valence-corrected chi connectivity index (χ0v) is 14.0. The molecule has 9 heteroatoms. The van der Waals surface area contributed by atoms with Crippen LogP contribution in [-0.2, 0) is 20.0 Å². The summed E-state index contributed by atoms with van der Waals surface area (Å²) >= 11 is 6.22. The predicted molar refractivity (Wildman–Crippen MR) is 87.9 cm³/mol. The molecule has 0 saturated heterocycles. The van der Waals surface area contributed by atoms with E-state index in [4.69, 9.17) is 11.6 Å². The first kappa shape index (κ1) is 16.1. The average Bonchev–Trinajstić information content (AvgIpc) is 3.19. The second-order valence-corrected chi connectivity index (χ2v) is 5.52. The minimum atomic E-state index is -0.376. The van der Waals surface area contributed by atoms with Crippen molar-refractivity contribution >= 4 is 17.5 Å². The molecule has 3 rings (SSSR count). The molecule has 2 aromatic heterocycles. The van der Waals surface area contributed by atoms with Gasteiger partial charge in [0.05, 0.1) is 17.3 Å². The highest BCUT2D eigenvalue weighted by Crippen LogP contribution is 2.20. The normalized spacial score (nSPS) is 10.8. The van der Waals surface area contributed by atoms with Crippen LogP contribution >= 0.6 is 11.6 Å². The number of aryl methyl sites for hydroxylation is 2. The van der Waals surface area contributed by atoms with Gasteiger partial charge in [-0.05, 0) is 12.1 Å². The maximum Gasteiger partial charge on any atom is 0.291 e. The van der Waals surface area contributed by atoms with E-state index in [-0.39, 0.29) is 18.3 Å². The molecule has 1 N–H and O–H groups in total. The van der Waals surface area contributed by atoms with Crippen LogP contribution in [0.1, 0.15) is 29.2 Å². The lowest BCUT2D eigenvalue weighted by molar-refractivity contribution is 0.0939. The first-order valence-electron chi connectivity index (χ1n) is 7.42. The Balaban J connectivity index is 1.83. The molecule has 8 nitrogen and oxygen atoms in total. The van der Waals surface area contributed by atoms with Gasteiger partial charge in [-0.3, -0.25) is 4.79 Å². The summed E-state index contributed by atoms with van der Waals surface area (Å²) in [4.78, 5) is 16.6. The molecule has 0 aliphatic rings. The SMILES string of the molecule is CCc1nc(C(=O)NCc2nncn2C)nn1-c1ccccc1Cl. The van der Waals surface area contributed by atoms with Crippen molar-refractivity contribution in [1.29, 1.82) is 0 Å².